The fourth-order valence-corrected chi connectivity index (χ4v) is 3.32. The third-order valence-corrected chi connectivity index (χ3v) is 5.11. The quantitative estimate of drug-likeness (QED) is 0.483. The van der Waals surface area contributed by atoms with Gasteiger partial charge < -0.3 is 14.6 Å². The summed E-state index contributed by atoms with van der Waals surface area (Å²) in [6, 6.07) is 2.78. The topological polar surface area (TPSA) is 102 Å². The van der Waals surface area contributed by atoms with Crippen molar-refractivity contribution in [3.8, 4) is 0 Å². The molecular weight excluding hydrogens is 349 g/mol. The third kappa shape index (κ3) is 3.65. The first-order valence-corrected chi connectivity index (χ1v) is 8.40. The van der Waals surface area contributed by atoms with E-state index in [0.29, 0.717) is 11.8 Å². The first-order chi connectivity index (χ1) is 11.0. The Labute approximate surface area is 138 Å². The van der Waals surface area contributed by atoms with E-state index in [1.807, 2.05) is 0 Å². The summed E-state index contributed by atoms with van der Waals surface area (Å²) in [5, 5.41) is 21.5. The molecule has 0 bridgehead atoms. The zero-order valence-electron chi connectivity index (χ0n) is 12.8. The number of alkyl halides is 3. The average molecular weight is 364 g/mol. The summed E-state index contributed by atoms with van der Waals surface area (Å²) < 4.78 is 50.6. The number of aromatic nitrogens is 1. The monoisotopic (exact) mass is 364 g/mol. The first kappa shape index (κ1) is 18.6. The van der Waals surface area contributed by atoms with Crippen molar-refractivity contribution >= 4 is 27.8 Å². The van der Waals surface area contributed by atoms with Gasteiger partial charge in [0.15, 0.2) is 0 Å². The number of nitro benzene ring substituents is 1. The van der Waals surface area contributed by atoms with Crippen LogP contribution in [-0.4, -0.2) is 31.1 Å². The number of hydrogen-bond acceptors (Lipinski definition) is 4. The molecule has 0 saturated heterocycles. The number of rotatable bonds is 5. The van der Waals surface area contributed by atoms with Gasteiger partial charge in [0.1, 0.15) is 22.7 Å². The van der Waals surface area contributed by atoms with E-state index >= 15 is 0 Å². The maximum absolute atomic E-state index is 13.0. The molecule has 0 amide bonds. The Bertz CT molecular complexity index is 773. The van der Waals surface area contributed by atoms with Gasteiger partial charge in [-0.05, 0) is 26.0 Å². The van der Waals surface area contributed by atoms with Crippen LogP contribution in [0.15, 0.2) is 18.2 Å². The van der Waals surface area contributed by atoms with Gasteiger partial charge in [0.2, 0.25) is 0 Å². The second-order valence-corrected chi connectivity index (χ2v) is 7.29. The Morgan fingerprint density at radius 1 is 1.33 bits per heavy atom. The molecule has 1 aromatic carbocycles. The molecule has 10 heteroatoms. The van der Waals surface area contributed by atoms with E-state index in [1.165, 1.54) is 13.0 Å². The van der Waals surface area contributed by atoms with Crippen LogP contribution < -0.4 is 0 Å². The lowest BCUT2D eigenvalue weighted by Crippen LogP contribution is -2.32. The van der Waals surface area contributed by atoms with Gasteiger partial charge >= 0.3 is 6.18 Å². The SMILES string of the molecule is CC[S+]([O-])C[C@](C)(O)c1cc2cc([N+](=O)[O-])c(C(F)(F)F)cc2[nH]1. The number of nitrogens with zero attached hydrogens (tertiary/aromatic N) is 1. The molecule has 1 aromatic heterocycles. The summed E-state index contributed by atoms with van der Waals surface area (Å²) in [4.78, 5) is 12.4. The lowest BCUT2D eigenvalue weighted by Gasteiger charge is -2.23. The van der Waals surface area contributed by atoms with Crippen molar-refractivity contribution < 1.29 is 27.8 Å². The van der Waals surface area contributed by atoms with E-state index < -0.39 is 39.1 Å². The standard InChI is InChI=1S/C14H15F3N2O4S/c1-3-24(23)7-13(2,20)12-5-8-4-11(19(21)22)9(14(15,16)17)6-10(8)18-12/h4-6,18,20H,3,7H2,1-2H3/t13-,24?/m0/s1. The molecule has 1 heterocycles. The summed E-state index contributed by atoms with van der Waals surface area (Å²) in [6.45, 7) is 3.06. The Morgan fingerprint density at radius 2 is 1.96 bits per heavy atom. The van der Waals surface area contributed by atoms with E-state index in [2.05, 4.69) is 4.98 Å². The molecule has 0 radical (unpaired) electrons. The molecule has 0 saturated carbocycles. The minimum Gasteiger partial charge on any atom is -0.616 e. The number of fused-ring (bicyclic) bond motifs is 1. The number of H-pyrrole nitrogens is 1. The fraction of sp³-hybridized carbons (Fsp3) is 0.429. The zero-order valence-corrected chi connectivity index (χ0v) is 13.6. The van der Waals surface area contributed by atoms with Crippen LogP contribution in [0, 0.1) is 10.1 Å². The Hall–Kier alpha value is -1.78. The Kier molecular flexibility index (Phi) is 4.84. The third-order valence-electron chi connectivity index (χ3n) is 3.58. The van der Waals surface area contributed by atoms with Gasteiger partial charge in [-0.15, -0.1) is 0 Å². The molecule has 2 atom stereocenters. The maximum Gasteiger partial charge on any atom is 0.423 e. The van der Waals surface area contributed by atoms with Gasteiger partial charge in [-0.1, -0.05) is 11.2 Å². The van der Waals surface area contributed by atoms with Gasteiger partial charge in [-0.25, -0.2) is 0 Å². The Morgan fingerprint density at radius 3 is 2.46 bits per heavy atom. The number of halogens is 3. The van der Waals surface area contributed by atoms with Crippen molar-refractivity contribution in [1.82, 2.24) is 4.98 Å². The van der Waals surface area contributed by atoms with Crippen LogP contribution >= 0.6 is 0 Å². The molecule has 132 valence electrons. The van der Waals surface area contributed by atoms with Crippen molar-refractivity contribution in [2.75, 3.05) is 11.5 Å². The van der Waals surface area contributed by atoms with Crippen molar-refractivity contribution in [2.45, 2.75) is 25.6 Å². The van der Waals surface area contributed by atoms with E-state index in [-0.39, 0.29) is 22.3 Å². The van der Waals surface area contributed by atoms with Gasteiger partial charge in [0.05, 0.1) is 10.6 Å². The first-order valence-electron chi connectivity index (χ1n) is 6.92. The van der Waals surface area contributed by atoms with Crippen LogP contribution in [0.4, 0.5) is 18.9 Å². The second-order valence-electron chi connectivity index (χ2n) is 5.54. The number of hydrogen-bond donors (Lipinski definition) is 2. The van der Waals surface area contributed by atoms with Crippen molar-refractivity contribution in [3.63, 3.8) is 0 Å². The average Bonchev–Trinajstić information content (AvgIpc) is 2.88. The van der Waals surface area contributed by atoms with E-state index in [0.717, 1.165) is 6.07 Å². The van der Waals surface area contributed by atoms with Crippen LogP contribution in [0.2, 0.25) is 0 Å². The van der Waals surface area contributed by atoms with Crippen LogP contribution in [0.3, 0.4) is 0 Å². The molecule has 2 N–H and O–H groups in total. The van der Waals surface area contributed by atoms with Gasteiger partial charge in [-0.2, -0.15) is 13.2 Å². The predicted octanol–water partition coefficient (Wildman–Crippen LogP) is 3.07. The van der Waals surface area contributed by atoms with Gasteiger partial charge in [-0.3, -0.25) is 10.1 Å². The van der Waals surface area contributed by atoms with Crippen molar-refractivity contribution in [2.24, 2.45) is 0 Å². The van der Waals surface area contributed by atoms with Gasteiger partial charge in [0.25, 0.3) is 5.69 Å². The van der Waals surface area contributed by atoms with Gasteiger partial charge in [0, 0.05) is 17.0 Å². The highest BCUT2D eigenvalue weighted by molar-refractivity contribution is 7.91. The van der Waals surface area contributed by atoms with Crippen LogP contribution in [-0.2, 0) is 23.0 Å². The van der Waals surface area contributed by atoms with E-state index in [4.69, 9.17) is 0 Å². The summed E-state index contributed by atoms with van der Waals surface area (Å²) >= 11 is -1.31. The molecule has 0 spiro atoms. The smallest absolute Gasteiger partial charge is 0.423 e. The highest BCUT2D eigenvalue weighted by Gasteiger charge is 2.39. The molecule has 24 heavy (non-hydrogen) atoms. The number of aliphatic hydroxyl groups is 1. The molecule has 1 unspecified atom stereocenters. The van der Waals surface area contributed by atoms with Crippen LogP contribution in [0.5, 0.6) is 0 Å². The van der Waals surface area contributed by atoms with Crippen molar-refractivity contribution in [1.29, 1.82) is 0 Å². The molecule has 2 rings (SSSR count). The summed E-state index contributed by atoms with van der Waals surface area (Å²) in [7, 11) is 0. The number of benzene rings is 1. The fourth-order valence-electron chi connectivity index (χ4n) is 2.33. The highest BCUT2D eigenvalue weighted by Crippen LogP contribution is 2.39. The molecule has 0 fully saturated rings. The largest absolute Gasteiger partial charge is 0.616 e. The second kappa shape index (κ2) is 6.26. The molecule has 0 aliphatic heterocycles. The number of nitrogens with one attached hydrogen (secondary N) is 1. The molecule has 0 aliphatic rings. The minimum absolute atomic E-state index is 0.00507. The Balaban J connectivity index is 2.57. The summed E-state index contributed by atoms with van der Waals surface area (Å²) in [5.41, 5.74) is -3.84. The van der Waals surface area contributed by atoms with Crippen LogP contribution in [0.1, 0.15) is 25.1 Å². The maximum atomic E-state index is 13.0. The molecule has 0 aliphatic carbocycles. The number of aromatic amines is 1. The highest BCUT2D eigenvalue weighted by atomic mass is 32.2. The molecular formula is C14H15F3N2O4S. The van der Waals surface area contributed by atoms with E-state index in [1.54, 1.807) is 6.92 Å². The lowest BCUT2D eigenvalue weighted by atomic mass is 10.1. The molecule has 2 aromatic rings. The normalized spacial score (nSPS) is 16.1. The minimum atomic E-state index is -4.88. The van der Waals surface area contributed by atoms with Crippen LogP contribution in [0.25, 0.3) is 10.9 Å². The van der Waals surface area contributed by atoms with Crippen molar-refractivity contribution in [3.05, 3.63) is 39.6 Å². The summed E-state index contributed by atoms with van der Waals surface area (Å²) in [6.07, 6.45) is -4.88. The number of nitro groups is 1. The predicted molar refractivity (Wildman–Crippen MR) is 83.1 cm³/mol. The lowest BCUT2D eigenvalue weighted by molar-refractivity contribution is -0.387. The van der Waals surface area contributed by atoms with E-state index in [9.17, 15) is 32.9 Å². The summed E-state index contributed by atoms with van der Waals surface area (Å²) in [5.74, 6) is 0.213. The zero-order chi connectivity index (χ0) is 18.3. The molecule has 6 nitrogen and oxygen atoms in total.